The molecule has 6 nitrogen and oxygen atoms in total. The van der Waals surface area contributed by atoms with Crippen LogP contribution in [0.25, 0.3) is 21.8 Å². The second-order valence-corrected chi connectivity index (χ2v) is 15.7. The third kappa shape index (κ3) is 6.67. The first-order valence-corrected chi connectivity index (χ1v) is 19.3. The molecule has 0 fully saturated rings. The molecule has 54 heavy (non-hydrogen) atoms. The lowest BCUT2D eigenvalue weighted by Crippen LogP contribution is -2.23. The van der Waals surface area contributed by atoms with E-state index in [4.69, 9.17) is 19.4 Å². The number of methoxy groups -OCH3 is 1. The summed E-state index contributed by atoms with van der Waals surface area (Å²) in [4.78, 5) is 10.0. The number of hydrogen-bond donors (Lipinski definition) is 0. The van der Waals surface area contributed by atoms with Crippen molar-refractivity contribution in [1.29, 1.82) is 10.5 Å². The van der Waals surface area contributed by atoms with Gasteiger partial charge in [0, 0.05) is 21.9 Å². The molecule has 0 spiro atoms. The number of benzene rings is 4. The summed E-state index contributed by atoms with van der Waals surface area (Å²) in [5.41, 5.74) is 10.6. The standard InChI is InChI=1S/C48H46N4O2/c1-47(30-49,27-32-12-5-4-6-13-32)35-20-23-40-38-17-8-10-19-42(38)46(52-44(40)26-35)54-29-34-15-11-14-33(24-34)28-48(2,31-50)36-21-22-39-37-16-7-9-18-41(37)45(53-3)51-43(39)25-36/h4-6,11-15,20-26H,7-10,16-19,27-29H2,1-3H3/t47-,48+/m0/s1. The molecule has 0 saturated heterocycles. The van der Waals surface area contributed by atoms with Crippen LogP contribution in [0.4, 0.5) is 0 Å². The summed E-state index contributed by atoms with van der Waals surface area (Å²) in [5.74, 6) is 1.40. The number of nitrogens with zero attached hydrogens (tertiary/aromatic N) is 4. The zero-order valence-electron chi connectivity index (χ0n) is 31.5. The minimum atomic E-state index is -0.756. The molecule has 0 amide bonds. The fourth-order valence-electron chi connectivity index (χ4n) is 8.77. The molecule has 2 aliphatic carbocycles. The van der Waals surface area contributed by atoms with Gasteiger partial charge in [-0.25, -0.2) is 9.97 Å². The normalized spacial score (nSPS) is 15.9. The molecule has 2 aromatic heterocycles. The van der Waals surface area contributed by atoms with Gasteiger partial charge in [0.05, 0.1) is 41.1 Å². The van der Waals surface area contributed by atoms with Crippen molar-refractivity contribution in [3.63, 3.8) is 0 Å². The Bertz CT molecular complexity index is 2460. The highest BCUT2D eigenvalue weighted by molar-refractivity contribution is 5.86. The molecule has 0 radical (unpaired) electrons. The van der Waals surface area contributed by atoms with Gasteiger partial charge in [0.15, 0.2) is 0 Å². The van der Waals surface area contributed by atoms with Crippen LogP contribution in [-0.2, 0) is 56.0 Å². The van der Waals surface area contributed by atoms with Crippen molar-refractivity contribution in [2.45, 2.75) is 95.5 Å². The fourth-order valence-corrected chi connectivity index (χ4v) is 8.77. The summed E-state index contributed by atoms with van der Waals surface area (Å²) in [5, 5.41) is 23.3. The predicted octanol–water partition coefficient (Wildman–Crippen LogP) is 10.2. The number of nitriles is 2. The second kappa shape index (κ2) is 14.6. The number of pyridine rings is 2. The first kappa shape index (κ1) is 35.3. The molecule has 2 heterocycles. The number of aromatic nitrogens is 2. The number of hydrogen-bond acceptors (Lipinski definition) is 6. The Hall–Kier alpha value is -5.72. The Morgan fingerprint density at radius 3 is 1.65 bits per heavy atom. The van der Waals surface area contributed by atoms with E-state index in [0.29, 0.717) is 31.2 Å². The van der Waals surface area contributed by atoms with Gasteiger partial charge in [0.25, 0.3) is 0 Å². The summed E-state index contributed by atoms with van der Waals surface area (Å²) >= 11 is 0. The van der Waals surface area contributed by atoms with Crippen molar-refractivity contribution in [2.75, 3.05) is 7.11 Å². The molecule has 2 aliphatic rings. The molecule has 6 aromatic rings. The van der Waals surface area contributed by atoms with Crippen molar-refractivity contribution in [1.82, 2.24) is 9.97 Å². The Morgan fingerprint density at radius 1 is 0.574 bits per heavy atom. The van der Waals surface area contributed by atoms with Crippen LogP contribution in [0.5, 0.6) is 11.8 Å². The quantitative estimate of drug-likeness (QED) is 0.141. The molecule has 0 N–H and O–H groups in total. The van der Waals surface area contributed by atoms with E-state index in [2.05, 4.69) is 84.9 Å². The van der Waals surface area contributed by atoms with E-state index in [1.165, 1.54) is 34.1 Å². The molecule has 270 valence electrons. The summed E-state index contributed by atoms with van der Waals surface area (Å²) in [6.45, 7) is 4.40. The van der Waals surface area contributed by atoms with Gasteiger partial charge in [0.2, 0.25) is 11.8 Å². The van der Waals surface area contributed by atoms with Crippen LogP contribution in [0.2, 0.25) is 0 Å². The van der Waals surface area contributed by atoms with E-state index < -0.39 is 10.8 Å². The van der Waals surface area contributed by atoms with Gasteiger partial charge in [-0.1, -0.05) is 78.9 Å². The number of fused-ring (bicyclic) bond motifs is 6. The summed E-state index contributed by atoms with van der Waals surface area (Å²) in [6.07, 6.45) is 9.72. The van der Waals surface area contributed by atoms with Crippen LogP contribution < -0.4 is 9.47 Å². The predicted molar refractivity (Wildman–Crippen MR) is 214 cm³/mol. The van der Waals surface area contributed by atoms with Crippen molar-refractivity contribution in [2.24, 2.45) is 0 Å². The van der Waals surface area contributed by atoms with Gasteiger partial charge < -0.3 is 9.47 Å². The first-order valence-electron chi connectivity index (χ1n) is 19.3. The van der Waals surface area contributed by atoms with Gasteiger partial charge in [-0.05, 0) is 129 Å². The summed E-state index contributed by atoms with van der Waals surface area (Å²) in [7, 11) is 1.70. The highest BCUT2D eigenvalue weighted by Crippen LogP contribution is 2.39. The van der Waals surface area contributed by atoms with Gasteiger partial charge in [-0.15, -0.1) is 0 Å². The van der Waals surface area contributed by atoms with Gasteiger partial charge in [0.1, 0.15) is 6.61 Å². The second-order valence-electron chi connectivity index (χ2n) is 15.7. The molecular formula is C48H46N4O2. The third-order valence-corrected chi connectivity index (χ3v) is 11.8. The Morgan fingerprint density at radius 2 is 1.07 bits per heavy atom. The van der Waals surface area contributed by atoms with Crippen molar-refractivity contribution < 1.29 is 9.47 Å². The highest BCUT2D eigenvalue weighted by atomic mass is 16.5. The first-order chi connectivity index (χ1) is 26.3. The highest BCUT2D eigenvalue weighted by Gasteiger charge is 2.30. The average Bonchev–Trinajstić information content (AvgIpc) is 3.22. The SMILES string of the molecule is COc1nc2cc([C@@](C)(C#N)Cc3cccc(COc4nc5cc([C@](C)(C#N)Cc6ccccc6)ccc5c5c4CCCC5)c3)ccc2c2c1CCCC2. The number of ether oxygens (including phenoxy) is 2. The summed E-state index contributed by atoms with van der Waals surface area (Å²) < 4.78 is 12.3. The average molecular weight is 711 g/mol. The largest absolute Gasteiger partial charge is 0.481 e. The van der Waals surface area contributed by atoms with Crippen LogP contribution in [0.1, 0.15) is 89.6 Å². The Labute approximate surface area is 318 Å². The minimum absolute atomic E-state index is 0.371. The van der Waals surface area contributed by atoms with Crippen LogP contribution in [0.3, 0.4) is 0 Å². The lowest BCUT2D eigenvalue weighted by Gasteiger charge is -2.25. The molecule has 0 saturated carbocycles. The molecule has 6 heteroatoms. The van der Waals surface area contributed by atoms with Crippen molar-refractivity contribution in [3.8, 4) is 23.9 Å². The van der Waals surface area contributed by atoms with Gasteiger partial charge >= 0.3 is 0 Å². The summed E-state index contributed by atoms with van der Waals surface area (Å²) in [6, 6.07) is 36.6. The van der Waals surface area contributed by atoms with Crippen LogP contribution in [0.15, 0.2) is 91.0 Å². The van der Waals surface area contributed by atoms with E-state index in [9.17, 15) is 10.5 Å². The van der Waals surface area contributed by atoms with E-state index in [1.807, 2.05) is 32.0 Å². The van der Waals surface area contributed by atoms with Crippen molar-refractivity contribution in [3.05, 3.63) is 141 Å². The van der Waals surface area contributed by atoms with E-state index in [0.717, 1.165) is 89.2 Å². The zero-order valence-corrected chi connectivity index (χ0v) is 31.5. The molecule has 0 aliphatic heterocycles. The maximum Gasteiger partial charge on any atom is 0.217 e. The molecule has 0 bridgehead atoms. The van der Waals surface area contributed by atoms with E-state index in [1.54, 1.807) is 7.11 Å². The lowest BCUT2D eigenvalue weighted by atomic mass is 9.77. The Balaban J connectivity index is 1.06. The van der Waals surface area contributed by atoms with Gasteiger partial charge in [-0.2, -0.15) is 10.5 Å². The lowest BCUT2D eigenvalue weighted by molar-refractivity contribution is 0.290. The van der Waals surface area contributed by atoms with E-state index in [-0.39, 0.29) is 0 Å². The smallest absolute Gasteiger partial charge is 0.217 e. The van der Waals surface area contributed by atoms with Crippen molar-refractivity contribution >= 4 is 21.8 Å². The van der Waals surface area contributed by atoms with Crippen LogP contribution >= 0.6 is 0 Å². The molecule has 2 atom stereocenters. The number of aryl methyl sites for hydroxylation is 2. The monoisotopic (exact) mass is 710 g/mol. The van der Waals surface area contributed by atoms with Gasteiger partial charge in [-0.3, -0.25) is 0 Å². The Kier molecular flexibility index (Phi) is 9.55. The third-order valence-electron chi connectivity index (χ3n) is 11.8. The number of rotatable bonds is 10. The van der Waals surface area contributed by atoms with Crippen LogP contribution in [0, 0.1) is 22.7 Å². The fraction of sp³-hybridized carbons (Fsp3) is 0.333. The minimum Gasteiger partial charge on any atom is -0.481 e. The maximum absolute atomic E-state index is 10.6. The molecular weight excluding hydrogens is 665 g/mol. The molecule has 4 aromatic carbocycles. The molecule has 8 rings (SSSR count). The maximum atomic E-state index is 10.6. The molecule has 0 unspecified atom stereocenters. The van der Waals surface area contributed by atoms with E-state index >= 15 is 0 Å². The zero-order chi connectivity index (χ0) is 37.3. The van der Waals surface area contributed by atoms with Crippen LogP contribution in [-0.4, -0.2) is 17.1 Å². The topological polar surface area (TPSA) is 91.8 Å².